The van der Waals surface area contributed by atoms with E-state index in [1.54, 1.807) is 18.4 Å². The number of rotatable bonds is 9. The minimum Gasteiger partial charge on any atom is -0.497 e. The third kappa shape index (κ3) is 5.03. The largest absolute Gasteiger partial charge is 0.497 e. The second-order valence-electron chi connectivity index (χ2n) is 6.96. The van der Waals surface area contributed by atoms with Gasteiger partial charge in [0.15, 0.2) is 11.0 Å². The monoisotopic (exact) mass is 464 g/mol. The Morgan fingerprint density at radius 1 is 1.06 bits per heavy atom. The van der Waals surface area contributed by atoms with Crippen LogP contribution < -0.4 is 9.64 Å². The lowest BCUT2D eigenvalue weighted by Gasteiger charge is -2.22. The van der Waals surface area contributed by atoms with Gasteiger partial charge in [-0.3, -0.25) is 4.79 Å². The molecule has 0 aliphatic heterocycles. The first kappa shape index (κ1) is 22.1. The number of benzene rings is 2. The van der Waals surface area contributed by atoms with Crippen molar-refractivity contribution in [3.63, 3.8) is 0 Å². The maximum atomic E-state index is 13.3. The zero-order valence-corrected chi connectivity index (χ0v) is 19.6. The number of amides is 1. The van der Waals surface area contributed by atoms with Gasteiger partial charge in [-0.25, -0.2) is 0 Å². The number of thiophene rings is 1. The summed E-state index contributed by atoms with van der Waals surface area (Å²) in [5.41, 5.74) is 1.85. The van der Waals surface area contributed by atoms with Crippen LogP contribution in [-0.4, -0.2) is 33.5 Å². The number of nitrogens with zero attached hydrogens (tertiary/aromatic N) is 4. The van der Waals surface area contributed by atoms with E-state index in [1.165, 1.54) is 11.8 Å². The lowest BCUT2D eigenvalue weighted by molar-refractivity contribution is -0.116. The first-order valence-corrected chi connectivity index (χ1v) is 12.1. The summed E-state index contributed by atoms with van der Waals surface area (Å²) in [4.78, 5) is 16.2. The van der Waals surface area contributed by atoms with Crippen molar-refractivity contribution in [2.45, 2.75) is 25.2 Å². The van der Waals surface area contributed by atoms with Crippen LogP contribution in [0, 0.1) is 0 Å². The molecule has 0 atom stereocenters. The molecule has 4 aromatic rings. The number of hydrogen-bond acceptors (Lipinski definition) is 6. The van der Waals surface area contributed by atoms with Gasteiger partial charge in [0.1, 0.15) is 5.75 Å². The Morgan fingerprint density at radius 3 is 2.50 bits per heavy atom. The van der Waals surface area contributed by atoms with E-state index in [1.807, 2.05) is 81.6 Å². The Balaban J connectivity index is 1.52. The molecule has 0 bridgehead atoms. The van der Waals surface area contributed by atoms with E-state index >= 15 is 0 Å². The zero-order chi connectivity index (χ0) is 22.3. The fourth-order valence-corrected chi connectivity index (χ4v) is 4.90. The number of carbonyl (C=O) groups excluding carboxylic acids is 1. The predicted octanol–water partition coefficient (Wildman–Crippen LogP) is 5.36. The number of aromatic nitrogens is 3. The summed E-state index contributed by atoms with van der Waals surface area (Å²) in [6, 6.07) is 21.6. The second kappa shape index (κ2) is 10.5. The van der Waals surface area contributed by atoms with E-state index in [4.69, 9.17) is 4.74 Å². The molecule has 164 valence electrons. The summed E-state index contributed by atoms with van der Waals surface area (Å²) in [7, 11) is 1.63. The molecule has 32 heavy (non-hydrogen) atoms. The van der Waals surface area contributed by atoms with Crippen molar-refractivity contribution in [3.05, 3.63) is 77.0 Å². The summed E-state index contributed by atoms with van der Waals surface area (Å²) >= 11 is 3.06. The number of methoxy groups -OCH3 is 1. The van der Waals surface area contributed by atoms with Crippen molar-refractivity contribution < 1.29 is 9.53 Å². The first-order valence-electron chi connectivity index (χ1n) is 10.3. The smallest absolute Gasteiger partial charge is 0.237 e. The molecular weight excluding hydrogens is 440 g/mol. The number of carbonyl (C=O) groups is 1. The van der Waals surface area contributed by atoms with Gasteiger partial charge >= 0.3 is 0 Å². The van der Waals surface area contributed by atoms with Crippen molar-refractivity contribution in [3.8, 4) is 17.1 Å². The van der Waals surface area contributed by atoms with Crippen LogP contribution in [0.4, 0.5) is 5.69 Å². The Bertz CT molecular complexity index is 1140. The van der Waals surface area contributed by atoms with Crippen LogP contribution >= 0.6 is 23.1 Å². The van der Waals surface area contributed by atoms with Crippen molar-refractivity contribution in [1.82, 2.24) is 14.8 Å². The molecule has 4 rings (SSSR count). The third-order valence-corrected chi connectivity index (χ3v) is 6.78. The molecule has 2 aromatic carbocycles. The summed E-state index contributed by atoms with van der Waals surface area (Å²) < 4.78 is 7.31. The second-order valence-corrected chi connectivity index (χ2v) is 8.94. The molecule has 2 aromatic heterocycles. The van der Waals surface area contributed by atoms with Crippen LogP contribution in [0.1, 0.15) is 11.8 Å². The maximum Gasteiger partial charge on any atom is 0.237 e. The minimum atomic E-state index is 0.0143. The van der Waals surface area contributed by atoms with Crippen molar-refractivity contribution >= 4 is 34.7 Å². The zero-order valence-electron chi connectivity index (χ0n) is 18.0. The van der Waals surface area contributed by atoms with E-state index in [0.717, 1.165) is 39.4 Å². The van der Waals surface area contributed by atoms with Crippen LogP contribution in [0.2, 0.25) is 0 Å². The molecule has 8 heteroatoms. The molecule has 6 nitrogen and oxygen atoms in total. The molecule has 2 heterocycles. The van der Waals surface area contributed by atoms with Crippen LogP contribution in [0.3, 0.4) is 0 Å². The molecule has 0 N–H and O–H groups in total. The predicted molar refractivity (Wildman–Crippen MR) is 130 cm³/mol. The molecule has 0 saturated carbocycles. The normalized spacial score (nSPS) is 10.8. The molecular formula is C24H24N4O2S2. The van der Waals surface area contributed by atoms with Gasteiger partial charge in [-0.05, 0) is 42.6 Å². The van der Waals surface area contributed by atoms with Gasteiger partial charge in [0.25, 0.3) is 0 Å². The average Bonchev–Trinajstić information content (AvgIpc) is 3.51. The Morgan fingerprint density at radius 2 is 1.84 bits per heavy atom. The number of hydrogen-bond donors (Lipinski definition) is 0. The van der Waals surface area contributed by atoms with Gasteiger partial charge in [0.05, 0.1) is 19.4 Å². The van der Waals surface area contributed by atoms with E-state index < -0.39 is 0 Å². The van der Waals surface area contributed by atoms with E-state index in [2.05, 4.69) is 17.1 Å². The molecule has 0 radical (unpaired) electrons. The van der Waals surface area contributed by atoms with Crippen LogP contribution in [-0.2, 0) is 17.9 Å². The van der Waals surface area contributed by atoms with E-state index in [0.29, 0.717) is 6.54 Å². The fourth-order valence-electron chi connectivity index (χ4n) is 3.33. The fraction of sp³-hybridized carbons (Fsp3) is 0.208. The van der Waals surface area contributed by atoms with Gasteiger partial charge in [0, 0.05) is 22.7 Å². The number of anilines is 1. The first-order chi connectivity index (χ1) is 15.7. The Labute approximate surface area is 195 Å². The maximum absolute atomic E-state index is 13.3. The van der Waals surface area contributed by atoms with Gasteiger partial charge in [0.2, 0.25) is 5.91 Å². The highest BCUT2D eigenvalue weighted by molar-refractivity contribution is 7.99. The van der Waals surface area contributed by atoms with Crippen LogP contribution in [0.25, 0.3) is 11.4 Å². The molecule has 0 aliphatic rings. The van der Waals surface area contributed by atoms with Crippen molar-refractivity contribution in [2.75, 3.05) is 17.8 Å². The third-order valence-electron chi connectivity index (χ3n) is 4.97. The highest BCUT2D eigenvalue weighted by Gasteiger charge is 2.20. The Hall–Kier alpha value is -3.10. The van der Waals surface area contributed by atoms with Gasteiger partial charge in [-0.1, -0.05) is 48.2 Å². The molecule has 0 spiro atoms. The van der Waals surface area contributed by atoms with Crippen LogP contribution in [0.5, 0.6) is 5.75 Å². The highest BCUT2D eigenvalue weighted by atomic mass is 32.2. The van der Waals surface area contributed by atoms with Gasteiger partial charge < -0.3 is 14.2 Å². The van der Waals surface area contributed by atoms with Gasteiger partial charge in [-0.15, -0.1) is 21.5 Å². The van der Waals surface area contributed by atoms with E-state index in [-0.39, 0.29) is 11.7 Å². The SMILES string of the molecule is CCn1c(SCC(=O)N(Cc2cccs2)c2ccc(OC)cc2)nnc1-c1ccccc1. The lowest BCUT2D eigenvalue weighted by atomic mass is 10.2. The summed E-state index contributed by atoms with van der Waals surface area (Å²) in [5.74, 6) is 1.86. The topological polar surface area (TPSA) is 60.2 Å². The van der Waals surface area contributed by atoms with E-state index in [9.17, 15) is 4.79 Å². The minimum absolute atomic E-state index is 0.0143. The highest BCUT2D eigenvalue weighted by Crippen LogP contribution is 2.27. The van der Waals surface area contributed by atoms with Crippen molar-refractivity contribution in [2.24, 2.45) is 0 Å². The van der Waals surface area contributed by atoms with Crippen molar-refractivity contribution in [1.29, 1.82) is 0 Å². The summed E-state index contributed by atoms with van der Waals surface area (Å²) in [5, 5.41) is 11.5. The molecule has 0 aliphatic carbocycles. The Kier molecular flexibility index (Phi) is 7.24. The average molecular weight is 465 g/mol. The lowest BCUT2D eigenvalue weighted by Crippen LogP contribution is -2.31. The number of thioether (sulfide) groups is 1. The molecule has 1 amide bonds. The standard InChI is InChI=1S/C24H24N4O2S2/c1-3-27-23(18-8-5-4-6-9-18)25-26-24(27)32-17-22(29)28(16-21-10-7-15-31-21)19-11-13-20(30-2)14-12-19/h4-15H,3,16-17H2,1-2H3. The quantitative estimate of drug-likeness (QED) is 0.312. The molecule has 0 saturated heterocycles. The number of ether oxygens (including phenoxy) is 1. The summed E-state index contributed by atoms with van der Waals surface area (Å²) in [6.45, 7) is 3.31. The van der Waals surface area contributed by atoms with Gasteiger partial charge in [-0.2, -0.15) is 0 Å². The molecule has 0 unspecified atom stereocenters. The molecule has 0 fully saturated rings. The van der Waals surface area contributed by atoms with Crippen LogP contribution in [0.15, 0.2) is 77.3 Å². The summed E-state index contributed by atoms with van der Waals surface area (Å²) in [6.07, 6.45) is 0.